The molecule has 5 rings (SSSR count). The van der Waals surface area contributed by atoms with Crippen molar-refractivity contribution in [2.75, 3.05) is 39.6 Å². The average molecular weight is 284 g/mol. The molecule has 20 heavy (non-hydrogen) atoms. The van der Waals surface area contributed by atoms with Gasteiger partial charge in [0.2, 0.25) is 0 Å². The van der Waals surface area contributed by atoms with Crippen LogP contribution in [0.4, 0.5) is 0 Å². The van der Waals surface area contributed by atoms with Gasteiger partial charge in [0, 0.05) is 12.8 Å². The van der Waals surface area contributed by atoms with Gasteiger partial charge in [-0.05, 0) is 0 Å². The third-order valence-corrected chi connectivity index (χ3v) is 5.04. The molecule has 0 aromatic rings. The van der Waals surface area contributed by atoms with E-state index in [9.17, 15) is 0 Å². The second-order valence-corrected chi connectivity index (χ2v) is 6.67. The molecule has 4 saturated heterocycles. The Morgan fingerprint density at radius 2 is 1.20 bits per heavy atom. The van der Waals surface area contributed by atoms with E-state index in [1.165, 1.54) is 0 Å². The third kappa shape index (κ3) is 2.19. The van der Waals surface area contributed by atoms with Crippen LogP contribution in [0, 0.1) is 0 Å². The standard InChI is InChI=1S/C14H20O6/c1-11(17-5-9-3-15-9)14(8-20-14)2-12(13(1)7-19-13)18-6-10-4-16-10/h9-12H,1-8H2/t9?,10?,11-,12+,13?,14?. The lowest BCUT2D eigenvalue weighted by Gasteiger charge is -2.38. The maximum absolute atomic E-state index is 6.04. The molecule has 1 aliphatic carbocycles. The molecule has 5 fully saturated rings. The van der Waals surface area contributed by atoms with Gasteiger partial charge < -0.3 is 28.4 Å². The first-order chi connectivity index (χ1) is 9.78. The van der Waals surface area contributed by atoms with Gasteiger partial charge in [0.15, 0.2) is 0 Å². The molecule has 4 unspecified atom stereocenters. The van der Waals surface area contributed by atoms with E-state index in [1.807, 2.05) is 0 Å². The summed E-state index contributed by atoms with van der Waals surface area (Å²) < 4.78 is 34.0. The van der Waals surface area contributed by atoms with Crippen LogP contribution in [-0.4, -0.2) is 75.3 Å². The Morgan fingerprint density at radius 1 is 0.800 bits per heavy atom. The minimum absolute atomic E-state index is 0.117. The fourth-order valence-corrected chi connectivity index (χ4v) is 3.25. The summed E-state index contributed by atoms with van der Waals surface area (Å²) in [5.74, 6) is 0. The van der Waals surface area contributed by atoms with E-state index >= 15 is 0 Å². The Bertz CT molecular complexity index is 358. The van der Waals surface area contributed by atoms with Crippen molar-refractivity contribution >= 4 is 0 Å². The van der Waals surface area contributed by atoms with Gasteiger partial charge in [-0.1, -0.05) is 0 Å². The molecule has 0 radical (unpaired) electrons. The largest absolute Gasteiger partial charge is 0.372 e. The van der Waals surface area contributed by atoms with E-state index < -0.39 is 0 Å². The minimum Gasteiger partial charge on any atom is -0.372 e. The molecular weight excluding hydrogens is 264 g/mol. The molecule has 0 bridgehead atoms. The van der Waals surface area contributed by atoms with Crippen LogP contribution in [-0.2, 0) is 28.4 Å². The van der Waals surface area contributed by atoms with Crippen molar-refractivity contribution < 1.29 is 28.4 Å². The highest BCUT2D eigenvalue weighted by Gasteiger charge is 2.67. The highest BCUT2D eigenvalue weighted by Crippen LogP contribution is 2.53. The third-order valence-electron chi connectivity index (χ3n) is 5.04. The van der Waals surface area contributed by atoms with E-state index in [0.717, 1.165) is 39.3 Å². The zero-order valence-electron chi connectivity index (χ0n) is 11.4. The summed E-state index contributed by atoms with van der Waals surface area (Å²) in [6.45, 7) is 4.56. The van der Waals surface area contributed by atoms with E-state index in [1.54, 1.807) is 0 Å². The van der Waals surface area contributed by atoms with Crippen molar-refractivity contribution in [1.29, 1.82) is 0 Å². The van der Waals surface area contributed by atoms with Gasteiger partial charge in [-0.2, -0.15) is 0 Å². The van der Waals surface area contributed by atoms with Gasteiger partial charge in [-0.25, -0.2) is 0 Å². The first kappa shape index (κ1) is 12.3. The number of ether oxygens (including phenoxy) is 6. The molecule has 0 N–H and O–H groups in total. The predicted molar refractivity (Wildman–Crippen MR) is 65.6 cm³/mol. The van der Waals surface area contributed by atoms with Crippen molar-refractivity contribution in [1.82, 2.24) is 0 Å². The monoisotopic (exact) mass is 284 g/mol. The molecule has 6 atom stereocenters. The Balaban J connectivity index is 1.25. The zero-order chi connectivity index (χ0) is 13.2. The minimum atomic E-state index is -0.138. The zero-order valence-corrected chi connectivity index (χ0v) is 11.4. The summed E-state index contributed by atoms with van der Waals surface area (Å²) >= 11 is 0. The number of epoxide rings is 4. The molecule has 4 aliphatic heterocycles. The summed E-state index contributed by atoms with van der Waals surface area (Å²) in [5.41, 5.74) is -0.275. The molecule has 2 spiro atoms. The van der Waals surface area contributed by atoms with Gasteiger partial charge >= 0.3 is 0 Å². The van der Waals surface area contributed by atoms with Crippen molar-refractivity contribution in [2.24, 2.45) is 0 Å². The molecule has 5 aliphatic rings. The SMILES string of the molecule is C1OC1CO[C@H]1CC2(CO2)[C@H](OCC2CO2)CC12CO2. The smallest absolute Gasteiger partial charge is 0.120 e. The van der Waals surface area contributed by atoms with Gasteiger partial charge in [0.25, 0.3) is 0 Å². The van der Waals surface area contributed by atoms with Crippen molar-refractivity contribution in [3.8, 4) is 0 Å². The molecule has 6 heteroatoms. The normalized spacial score (nSPS) is 55.2. The second-order valence-electron chi connectivity index (χ2n) is 6.67. The molecule has 0 aromatic heterocycles. The molecule has 0 amide bonds. The fourth-order valence-electron chi connectivity index (χ4n) is 3.25. The van der Waals surface area contributed by atoms with Crippen molar-refractivity contribution in [3.05, 3.63) is 0 Å². The van der Waals surface area contributed by atoms with Crippen LogP contribution in [0.25, 0.3) is 0 Å². The fraction of sp³-hybridized carbons (Fsp3) is 1.00. The first-order valence-electron chi connectivity index (χ1n) is 7.52. The quantitative estimate of drug-likeness (QED) is 0.634. The Hall–Kier alpha value is -0.240. The van der Waals surface area contributed by atoms with Gasteiger partial charge in [-0.15, -0.1) is 0 Å². The maximum Gasteiger partial charge on any atom is 0.120 e. The maximum atomic E-state index is 6.04. The van der Waals surface area contributed by atoms with Crippen molar-refractivity contribution in [2.45, 2.75) is 48.5 Å². The van der Waals surface area contributed by atoms with E-state index in [0.29, 0.717) is 25.4 Å². The average Bonchev–Trinajstić information content (AvgIpc) is 3.32. The number of hydrogen-bond donors (Lipinski definition) is 0. The lowest BCUT2D eigenvalue weighted by molar-refractivity contribution is -0.115. The van der Waals surface area contributed by atoms with Crippen LogP contribution in [0.15, 0.2) is 0 Å². The van der Waals surface area contributed by atoms with Crippen LogP contribution in [0.5, 0.6) is 0 Å². The first-order valence-corrected chi connectivity index (χ1v) is 7.52. The highest BCUT2D eigenvalue weighted by molar-refractivity contribution is 5.16. The van der Waals surface area contributed by atoms with Gasteiger partial charge in [-0.3, -0.25) is 0 Å². The topological polar surface area (TPSA) is 68.6 Å². The van der Waals surface area contributed by atoms with Crippen LogP contribution >= 0.6 is 0 Å². The lowest BCUT2D eigenvalue weighted by Crippen LogP contribution is -2.52. The van der Waals surface area contributed by atoms with Gasteiger partial charge in [0.1, 0.15) is 23.4 Å². The Labute approximate surface area is 117 Å². The highest BCUT2D eigenvalue weighted by atomic mass is 16.7. The summed E-state index contributed by atoms with van der Waals surface area (Å²) in [6, 6.07) is 0. The van der Waals surface area contributed by atoms with E-state index in [-0.39, 0.29) is 23.4 Å². The molecule has 112 valence electrons. The van der Waals surface area contributed by atoms with Crippen LogP contribution < -0.4 is 0 Å². The van der Waals surface area contributed by atoms with Crippen molar-refractivity contribution in [3.63, 3.8) is 0 Å². The number of hydrogen-bond acceptors (Lipinski definition) is 6. The molecule has 6 nitrogen and oxygen atoms in total. The number of rotatable bonds is 6. The predicted octanol–water partition coefficient (Wildman–Crippen LogP) is -0.114. The summed E-state index contributed by atoms with van der Waals surface area (Å²) in [6.07, 6.45) is 2.56. The summed E-state index contributed by atoms with van der Waals surface area (Å²) in [5, 5.41) is 0. The Kier molecular flexibility index (Phi) is 2.56. The van der Waals surface area contributed by atoms with E-state index in [4.69, 9.17) is 28.4 Å². The molecule has 4 heterocycles. The lowest BCUT2D eigenvalue weighted by atomic mass is 9.77. The Morgan fingerprint density at radius 3 is 1.50 bits per heavy atom. The van der Waals surface area contributed by atoms with Crippen LogP contribution in [0.2, 0.25) is 0 Å². The molecule has 1 saturated carbocycles. The summed E-state index contributed by atoms with van der Waals surface area (Å²) in [4.78, 5) is 0. The van der Waals surface area contributed by atoms with Crippen LogP contribution in [0.3, 0.4) is 0 Å². The van der Waals surface area contributed by atoms with E-state index in [2.05, 4.69) is 0 Å². The van der Waals surface area contributed by atoms with Gasteiger partial charge in [0.05, 0.1) is 51.8 Å². The summed E-state index contributed by atoms with van der Waals surface area (Å²) in [7, 11) is 0. The molecular formula is C14H20O6. The second kappa shape index (κ2) is 4.15. The molecule has 0 aromatic carbocycles. The van der Waals surface area contributed by atoms with Crippen LogP contribution in [0.1, 0.15) is 12.8 Å².